The molecule has 29 heavy (non-hydrogen) atoms. The zero-order chi connectivity index (χ0) is 20.2. The van der Waals surface area contributed by atoms with Crippen molar-refractivity contribution in [2.24, 2.45) is 0 Å². The Labute approximate surface area is 168 Å². The lowest BCUT2D eigenvalue weighted by atomic mass is 9.99. The molecule has 2 heterocycles. The van der Waals surface area contributed by atoms with Gasteiger partial charge in [0.05, 0.1) is 6.61 Å². The van der Waals surface area contributed by atoms with E-state index in [2.05, 4.69) is 16.4 Å². The van der Waals surface area contributed by atoms with E-state index in [4.69, 9.17) is 0 Å². The van der Waals surface area contributed by atoms with Crippen molar-refractivity contribution in [1.82, 2.24) is 15.2 Å². The number of amides is 2. The van der Waals surface area contributed by atoms with E-state index in [-0.39, 0.29) is 5.91 Å². The average molecular weight is 389 g/mol. The Bertz CT molecular complexity index is 1070. The third-order valence-corrected chi connectivity index (χ3v) is 5.27. The van der Waals surface area contributed by atoms with E-state index in [1.54, 1.807) is 11.0 Å². The van der Waals surface area contributed by atoms with Gasteiger partial charge in [-0.25, -0.2) is 0 Å². The third-order valence-electron chi connectivity index (χ3n) is 5.27. The minimum atomic E-state index is -0.958. The van der Waals surface area contributed by atoms with Gasteiger partial charge in [0, 0.05) is 36.3 Å². The molecule has 3 aromatic rings. The minimum absolute atomic E-state index is 0.268. The van der Waals surface area contributed by atoms with Gasteiger partial charge in [-0.1, -0.05) is 42.5 Å². The van der Waals surface area contributed by atoms with E-state index in [1.165, 1.54) is 11.6 Å². The van der Waals surface area contributed by atoms with E-state index >= 15 is 0 Å². The van der Waals surface area contributed by atoms with Gasteiger partial charge < -0.3 is 20.3 Å². The number of hydrogen-bond donors (Lipinski definition) is 3. The summed E-state index contributed by atoms with van der Waals surface area (Å²) in [6.45, 7) is 0.629. The van der Waals surface area contributed by atoms with E-state index in [1.807, 2.05) is 48.7 Å². The molecule has 1 aliphatic heterocycles. The number of carbonyl (C=O) groups is 2. The summed E-state index contributed by atoms with van der Waals surface area (Å²) in [4.78, 5) is 30.0. The number of rotatable bonds is 5. The second kappa shape index (κ2) is 8.32. The first-order valence-electron chi connectivity index (χ1n) is 9.67. The fourth-order valence-corrected chi connectivity index (χ4v) is 3.71. The molecule has 4 rings (SSSR count). The van der Waals surface area contributed by atoms with Crippen molar-refractivity contribution in [1.29, 1.82) is 0 Å². The molecule has 6 nitrogen and oxygen atoms in total. The Morgan fingerprint density at radius 2 is 1.90 bits per heavy atom. The Kier molecular flexibility index (Phi) is 5.44. The molecule has 2 amide bonds. The summed E-state index contributed by atoms with van der Waals surface area (Å²) >= 11 is 0. The molecule has 0 saturated heterocycles. The summed E-state index contributed by atoms with van der Waals surface area (Å²) < 4.78 is 0. The SMILES string of the molecule is O=C(C=Cc1c[nH]c2ccccc12)NC(CO)C(=O)N1CCc2ccccc2C1. The minimum Gasteiger partial charge on any atom is -0.394 e. The zero-order valence-corrected chi connectivity index (χ0v) is 16.0. The first-order valence-corrected chi connectivity index (χ1v) is 9.67. The van der Waals surface area contributed by atoms with Gasteiger partial charge in [0.1, 0.15) is 6.04 Å². The molecule has 0 fully saturated rings. The highest BCUT2D eigenvalue weighted by Crippen LogP contribution is 2.20. The normalized spacial score (nSPS) is 14.7. The summed E-state index contributed by atoms with van der Waals surface area (Å²) in [6, 6.07) is 14.9. The summed E-state index contributed by atoms with van der Waals surface area (Å²) in [5.41, 5.74) is 4.22. The Morgan fingerprint density at radius 3 is 2.72 bits per heavy atom. The largest absolute Gasteiger partial charge is 0.394 e. The maximum absolute atomic E-state index is 12.8. The van der Waals surface area contributed by atoms with E-state index in [0.717, 1.165) is 28.5 Å². The standard InChI is InChI=1S/C23H23N3O3/c27-15-21(23(29)26-12-11-16-5-1-2-6-18(16)14-26)25-22(28)10-9-17-13-24-20-8-4-3-7-19(17)20/h1-10,13,21,24,27H,11-12,14-15H2,(H,25,28). The Hall–Kier alpha value is -3.38. The summed E-state index contributed by atoms with van der Waals surface area (Å²) in [6.07, 6.45) is 5.68. The smallest absolute Gasteiger partial charge is 0.247 e. The van der Waals surface area contributed by atoms with Gasteiger partial charge in [-0.2, -0.15) is 0 Å². The van der Waals surface area contributed by atoms with Gasteiger partial charge in [0.2, 0.25) is 11.8 Å². The number of nitrogens with one attached hydrogen (secondary N) is 2. The monoisotopic (exact) mass is 389 g/mol. The van der Waals surface area contributed by atoms with Crippen LogP contribution in [0.2, 0.25) is 0 Å². The number of fused-ring (bicyclic) bond motifs is 2. The highest BCUT2D eigenvalue weighted by molar-refractivity contribution is 5.98. The second-order valence-electron chi connectivity index (χ2n) is 7.15. The van der Waals surface area contributed by atoms with Crippen molar-refractivity contribution in [2.45, 2.75) is 19.0 Å². The predicted molar refractivity (Wildman–Crippen MR) is 112 cm³/mol. The van der Waals surface area contributed by atoms with Crippen molar-refractivity contribution in [3.63, 3.8) is 0 Å². The number of nitrogens with zero attached hydrogens (tertiary/aromatic N) is 1. The number of para-hydroxylation sites is 1. The van der Waals surface area contributed by atoms with Crippen LogP contribution < -0.4 is 5.32 Å². The van der Waals surface area contributed by atoms with Crippen LogP contribution in [0.5, 0.6) is 0 Å². The molecule has 2 aromatic carbocycles. The molecule has 148 valence electrons. The summed E-state index contributed by atoms with van der Waals surface area (Å²) in [5.74, 6) is -0.684. The molecule has 3 N–H and O–H groups in total. The number of H-pyrrole nitrogens is 1. The van der Waals surface area contributed by atoms with Gasteiger partial charge in [-0.15, -0.1) is 0 Å². The van der Waals surface area contributed by atoms with Crippen LogP contribution in [0.15, 0.2) is 60.8 Å². The van der Waals surface area contributed by atoms with E-state index in [9.17, 15) is 14.7 Å². The fraction of sp³-hybridized carbons (Fsp3) is 0.217. The topological polar surface area (TPSA) is 85.4 Å². The molecule has 0 radical (unpaired) electrons. The van der Waals surface area contributed by atoms with Crippen LogP contribution in [-0.4, -0.2) is 46.0 Å². The average Bonchev–Trinajstić information content (AvgIpc) is 3.18. The maximum atomic E-state index is 12.8. The molecule has 1 atom stereocenters. The summed E-state index contributed by atoms with van der Waals surface area (Å²) in [5, 5.41) is 13.3. The third kappa shape index (κ3) is 4.07. The number of benzene rings is 2. The van der Waals surface area contributed by atoms with Crippen molar-refractivity contribution >= 4 is 28.8 Å². The number of carbonyl (C=O) groups excluding carboxylic acids is 2. The maximum Gasteiger partial charge on any atom is 0.247 e. The van der Waals surface area contributed by atoms with E-state index < -0.39 is 18.6 Å². The molecule has 0 spiro atoms. The number of aliphatic hydroxyl groups excluding tert-OH is 1. The molecular formula is C23H23N3O3. The second-order valence-corrected chi connectivity index (χ2v) is 7.15. The van der Waals surface area contributed by atoms with Crippen LogP contribution in [-0.2, 0) is 22.6 Å². The van der Waals surface area contributed by atoms with Gasteiger partial charge in [-0.05, 0) is 35.3 Å². The summed E-state index contributed by atoms with van der Waals surface area (Å²) in [7, 11) is 0. The number of aromatic nitrogens is 1. The number of hydrogen-bond acceptors (Lipinski definition) is 3. The van der Waals surface area contributed by atoms with Crippen LogP contribution in [0.25, 0.3) is 17.0 Å². The van der Waals surface area contributed by atoms with Crippen LogP contribution in [0.4, 0.5) is 0 Å². The molecule has 6 heteroatoms. The van der Waals surface area contributed by atoms with Crippen LogP contribution in [0.3, 0.4) is 0 Å². The van der Waals surface area contributed by atoms with Crippen LogP contribution in [0, 0.1) is 0 Å². The molecule has 0 saturated carbocycles. The first kappa shape index (κ1) is 19.0. The van der Waals surface area contributed by atoms with Gasteiger partial charge in [0.15, 0.2) is 0 Å². The Balaban J connectivity index is 1.40. The lowest BCUT2D eigenvalue weighted by Gasteiger charge is -2.31. The molecular weight excluding hydrogens is 366 g/mol. The predicted octanol–water partition coefficient (Wildman–Crippen LogP) is 2.24. The lowest BCUT2D eigenvalue weighted by molar-refractivity contribution is -0.137. The molecule has 1 aliphatic rings. The Morgan fingerprint density at radius 1 is 1.14 bits per heavy atom. The molecule has 0 bridgehead atoms. The van der Waals surface area contributed by atoms with Crippen molar-refractivity contribution < 1.29 is 14.7 Å². The quantitative estimate of drug-likeness (QED) is 0.585. The highest BCUT2D eigenvalue weighted by atomic mass is 16.3. The fourth-order valence-electron chi connectivity index (χ4n) is 3.71. The molecule has 0 aliphatic carbocycles. The van der Waals surface area contributed by atoms with Gasteiger partial charge >= 0.3 is 0 Å². The van der Waals surface area contributed by atoms with Crippen molar-refractivity contribution in [2.75, 3.05) is 13.2 Å². The van der Waals surface area contributed by atoms with Gasteiger partial charge in [-0.3, -0.25) is 9.59 Å². The first-order chi connectivity index (χ1) is 14.2. The molecule has 1 unspecified atom stereocenters. The number of aliphatic hydroxyl groups is 1. The molecule has 1 aromatic heterocycles. The number of aromatic amines is 1. The van der Waals surface area contributed by atoms with E-state index in [0.29, 0.717) is 13.1 Å². The van der Waals surface area contributed by atoms with Crippen LogP contribution in [0.1, 0.15) is 16.7 Å². The van der Waals surface area contributed by atoms with Crippen LogP contribution >= 0.6 is 0 Å². The van der Waals surface area contributed by atoms with Crippen molar-refractivity contribution in [3.8, 4) is 0 Å². The highest BCUT2D eigenvalue weighted by Gasteiger charge is 2.27. The van der Waals surface area contributed by atoms with Gasteiger partial charge in [0.25, 0.3) is 0 Å². The lowest BCUT2D eigenvalue weighted by Crippen LogP contribution is -2.51. The van der Waals surface area contributed by atoms with Crippen molar-refractivity contribution in [3.05, 3.63) is 77.5 Å². The zero-order valence-electron chi connectivity index (χ0n) is 16.0.